The summed E-state index contributed by atoms with van der Waals surface area (Å²) in [4.78, 5) is 54.4. The number of fused-ring (bicyclic) bond motifs is 1. The fourth-order valence-electron chi connectivity index (χ4n) is 4.33. The van der Waals surface area contributed by atoms with Crippen LogP contribution in [0.1, 0.15) is 65.2 Å². The summed E-state index contributed by atoms with van der Waals surface area (Å²) in [6.07, 6.45) is 2.85. The van der Waals surface area contributed by atoms with Crippen LogP contribution < -0.4 is 0 Å². The summed E-state index contributed by atoms with van der Waals surface area (Å²) in [6.45, 7) is 7.52. The lowest BCUT2D eigenvalue weighted by Gasteiger charge is -2.38. The van der Waals surface area contributed by atoms with Gasteiger partial charge >= 0.3 is 5.97 Å². The molecule has 2 aliphatic rings. The van der Waals surface area contributed by atoms with Crippen molar-refractivity contribution in [3.05, 3.63) is 83.4 Å². The highest BCUT2D eigenvalue weighted by atomic mass is 16.6. The van der Waals surface area contributed by atoms with Gasteiger partial charge in [0.15, 0.2) is 6.23 Å². The van der Waals surface area contributed by atoms with Gasteiger partial charge in [-0.15, -0.1) is 0 Å². The molecule has 2 atom stereocenters. The third-order valence-corrected chi connectivity index (χ3v) is 6.25. The second-order valence-corrected chi connectivity index (χ2v) is 9.88. The smallest absolute Gasteiger partial charge is 0.334 e. The van der Waals surface area contributed by atoms with Gasteiger partial charge in [-0.1, -0.05) is 63.3 Å². The fourth-order valence-corrected chi connectivity index (χ4v) is 4.33. The van der Waals surface area contributed by atoms with E-state index in [0.29, 0.717) is 16.7 Å². The highest BCUT2D eigenvalue weighted by Crippen LogP contribution is 2.40. The van der Waals surface area contributed by atoms with Crippen molar-refractivity contribution in [2.24, 2.45) is 5.41 Å². The van der Waals surface area contributed by atoms with Crippen molar-refractivity contribution < 1.29 is 23.9 Å². The Kier molecular flexibility index (Phi) is 5.89. The molecule has 7 heteroatoms. The van der Waals surface area contributed by atoms with Crippen LogP contribution in [-0.4, -0.2) is 51.8 Å². The summed E-state index contributed by atoms with van der Waals surface area (Å²) in [5.41, 5.74) is -0.485. The minimum absolute atomic E-state index is 0.0762. The zero-order chi connectivity index (χ0) is 24.7. The molecule has 2 aromatic rings. The zero-order valence-corrected chi connectivity index (χ0v) is 19.8. The summed E-state index contributed by atoms with van der Waals surface area (Å²) < 4.78 is 5.72. The number of ether oxygens (including phenoxy) is 1. The van der Waals surface area contributed by atoms with Crippen LogP contribution >= 0.6 is 0 Å². The molecule has 3 amide bonds. The van der Waals surface area contributed by atoms with Crippen molar-refractivity contribution in [3.8, 4) is 0 Å². The summed E-state index contributed by atoms with van der Waals surface area (Å²) in [7, 11) is 0. The van der Waals surface area contributed by atoms with Crippen molar-refractivity contribution >= 4 is 23.7 Å². The van der Waals surface area contributed by atoms with Crippen LogP contribution in [0.25, 0.3) is 0 Å². The first kappa shape index (κ1) is 23.4. The molecule has 176 valence electrons. The molecule has 0 radical (unpaired) electrons. The molecule has 4 rings (SSSR count). The fraction of sp³-hybridized carbons (Fsp3) is 0.333. The topological polar surface area (TPSA) is 84.0 Å². The number of hydrogen-bond acceptors (Lipinski definition) is 5. The van der Waals surface area contributed by atoms with Crippen LogP contribution in [0.2, 0.25) is 0 Å². The van der Waals surface area contributed by atoms with Crippen molar-refractivity contribution in [3.63, 3.8) is 0 Å². The number of esters is 1. The minimum Gasteiger partial charge on any atom is -0.439 e. The van der Waals surface area contributed by atoms with Gasteiger partial charge < -0.3 is 4.74 Å². The van der Waals surface area contributed by atoms with E-state index < -0.39 is 23.2 Å². The average Bonchev–Trinajstić information content (AvgIpc) is 3.22. The lowest BCUT2D eigenvalue weighted by Crippen LogP contribution is -2.54. The van der Waals surface area contributed by atoms with Crippen molar-refractivity contribution in [2.45, 2.75) is 45.9 Å². The lowest BCUT2D eigenvalue weighted by molar-refractivity contribution is -0.148. The quantitative estimate of drug-likeness (QED) is 0.382. The first-order chi connectivity index (χ1) is 16.1. The Morgan fingerprint density at radius 2 is 1.50 bits per heavy atom. The monoisotopic (exact) mass is 460 g/mol. The maximum absolute atomic E-state index is 13.5. The minimum atomic E-state index is -1.23. The standard InChI is InChI=1S/C27H28N2O5/c1-26(2,3)24-29(21(30)18-12-6-5-7-13-18)27(4,25(33)34-24)16-10-11-17-28-22(31)19-14-8-9-15-20(19)23(28)32/h5-15,24H,16-17H2,1-4H3/t24-,27+/m0/s1. The molecule has 7 nitrogen and oxygen atoms in total. The number of amides is 3. The number of benzene rings is 2. The van der Waals surface area contributed by atoms with E-state index in [0.717, 1.165) is 0 Å². The number of hydrogen-bond donors (Lipinski definition) is 0. The molecule has 0 aliphatic carbocycles. The molecule has 2 heterocycles. The van der Waals surface area contributed by atoms with E-state index >= 15 is 0 Å². The molecule has 1 fully saturated rings. The van der Waals surface area contributed by atoms with Crippen LogP contribution in [-0.2, 0) is 9.53 Å². The van der Waals surface area contributed by atoms with Crippen LogP contribution in [0.4, 0.5) is 0 Å². The number of nitrogens with zero attached hydrogens (tertiary/aromatic N) is 2. The van der Waals surface area contributed by atoms with Crippen LogP contribution in [0.3, 0.4) is 0 Å². The zero-order valence-electron chi connectivity index (χ0n) is 19.8. The van der Waals surface area contributed by atoms with Gasteiger partial charge in [0.05, 0.1) is 11.1 Å². The molecule has 0 saturated carbocycles. The average molecular weight is 461 g/mol. The van der Waals surface area contributed by atoms with Crippen LogP contribution in [0.15, 0.2) is 66.7 Å². The Hall–Kier alpha value is -3.74. The molecule has 0 spiro atoms. The largest absolute Gasteiger partial charge is 0.439 e. The van der Waals surface area contributed by atoms with E-state index in [4.69, 9.17) is 4.74 Å². The first-order valence-electron chi connectivity index (χ1n) is 11.3. The molecule has 1 saturated heterocycles. The van der Waals surface area contributed by atoms with E-state index in [-0.39, 0.29) is 30.7 Å². The third kappa shape index (κ3) is 3.91. The maximum atomic E-state index is 13.5. The Labute approximate surface area is 199 Å². The summed E-state index contributed by atoms with van der Waals surface area (Å²) in [5.74, 6) is -1.46. The highest BCUT2D eigenvalue weighted by Gasteiger charge is 2.57. The normalized spacial score (nSPS) is 22.5. The van der Waals surface area contributed by atoms with Gasteiger partial charge in [0.25, 0.3) is 17.7 Å². The summed E-state index contributed by atoms with van der Waals surface area (Å²) >= 11 is 0. The Bertz CT molecular complexity index is 1150. The van der Waals surface area contributed by atoms with Crippen LogP contribution in [0.5, 0.6) is 0 Å². The molecule has 34 heavy (non-hydrogen) atoms. The van der Waals surface area contributed by atoms with E-state index in [1.54, 1.807) is 67.6 Å². The molecule has 0 bridgehead atoms. The van der Waals surface area contributed by atoms with E-state index in [1.807, 2.05) is 26.8 Å². The summed E-state index contributed by atoms with van der Waals surface area (Å²) in [5, 5.41) is 0. The maximum Gasteiger partial charge on any atom is 0.334 e. The molecule has 0 aromatic heterocycles. The predicted molar refractivity (Wildman–Crippen MR) is 126 cm³/mol. The SMILES string of the molecule is CC(C)(C)[C@@H]1OC(=O)[C@@](C)(CC=CCN2C(=O)c3ccccc3C2=O)N1C(=O)c1ccccc1. The predicted octanol–water partition coefficient (Wildman–Crippen LogP) is 4.06. The van der Waals surface area contributed by atoms with Crippen molar-refractivity contribution in [1.29, 1.82) is 0 Å². The molecular weight excluding hydrogens is 432 g/mol. The summed E-state index contributed by atoms with van der Waals surface area (Å²) in [6, 6.07) is 15.5. The third-order valence-electron chi connectivity index (χ3n) is 6.25. The van der Waals surface area contributed by atoms with Crippen LogP contribution in [0, 0.1) is 5.41 Å². The molecule has 0 N–H and O–H groups in total. The molecular formula is C27H28N2O5. The number of carbonyl (C=O) groups excluding carboxylic acids is 4. The van der Waals surface area contributed by atoms with Gasteiger partial charge in [0.2, 0.25) is 0 Å². The van der Waals surface area contributed by atoms with E-state index in [2.05, 4.69) is 0 Å². The first-order valence-corrected chi connectivity index (χ1v) is 11.3. The van der Waals surface area contributed by atoms with Gasteiger partial charge in [-0.2, -0.15) is 0 Å². The molecule has 0 unspecified atom stereocenters. The second kappa shape index (κ2) is 8.56. The Balaban J connectivity index is 1.55. The molecule has 2 aliphatic heterocycles. The molecule has 2 aromatic carbocycles. The number of carbonyl (C=O) groups is 4. The van der Waals surface area contributed by atoms with Gasteiger partial charge in [-0.25, -0.2) is 4.79 Å². The lowest BCUT2D eigenvalue weighted by atomic mass is 9.89. The highest BCUT2D eigenvalue weighted by molar-refractivity contribution is 6.21. The van der Waals surface area contributed by atoms with E-state index in [1.165, 1.54) is 9.80 Å². The van der Waals surface area contributed by atoms with Gasteiger partial charge in [0, 0.05) is 17.5 Å². The Morgan fingerprint density at radius 3 is 2.06 bits per heavy atom. The van der Waals surface area contributed by atoms with Gasteiger partial charge in [-0.05, 0) is 37.6 Å². The number of rotatable bonds is 5. The van der Waals surface area contributed by atoms with E-state index in [9.17, 15) is 19.2 Å². The number of imide groups is 1. The van der Waals surface area contributed by atoms with Crippen molar-refractivity contribution in [1.82, 2.24) is 9.80 Å². The van der Waals surface area contributed by atoms with Crippen molar-refractivity contribution in [2.75, 3.05) is 6.54 Å². The number of cyclic esters (lactones) is 1. The Morgan fingerprint density at radius 1 is 0.941 bits per heavy atom. The van der Waals surface area contributed by atoms with Gasteiger partial charge in [-0.3, -0.25) is 24.2 Å². The second-order valence-electron chi connectivity index (χ2n) is 9.88. The van der Waals surface area contributed by atoms with Gasteiger partial charge in [0.1, 0.15) is 5.54 Å².